The Morgan fingerprint density at radius 2 is 1.45 bits per heavy atom. The van der Waals surface area contributed by atoms with Gasteiger partial charge in [-0.15, -0.1) is 0 Å². The van der Waals surface area contributed by atoms with E-state index >= 15 is 0 Å². The van der Waals surface area contributed by atoms with Gasteiger partial charge < -0.3 is 4.74 Å². The van der Waals surface area contributed by atoms with Gasteiger partial charge in [-0.25, -0.2) is 0 Å². The highest BCUT2D eigenvalue weighted by Crippen LogP contribution is 2.42. The summed E-state index contributed by atoms with van der Waals surface area (Å²) in [7, 11) is 0. The monoisotopic (exact) mass is 266 g/mol. The lowest BCUT2D eigenvalue weighted by Crippen LogP contribution is -2.14. The van der Waals surface area contributed by atoms with Gasteiger partial charge in [-0.2, -0.15) is 0 Å². The second-order valence-corrected chi connectivity index (χ2v) is 4.91. The van der Waals surface area contributed by atoms with Crippen molar-refractivity contribution in [1.82, 2.24) is 0 Å². The lowest BCUT2D eigenvalue weighted by atomic mass is 10.1. The molecule has 0 aliphatic heterocycles. The van der Waals surface area contributed by atoms with Crippen LogP contribution in [0.5, 0.6) is 5.75 Å². The van der Waals surface area contributed by atoms with Crippen LogP contribution in [-0.2, 0) is 4.79 Å². The molecule has 0 spiro atoms. The number of Topliss-reactive ketones (excluding diaryl/α,β-unsaturated/α-hetero) is 1. The lowest BCUT2D eigenvalue weighted by Gasteiger charge is -2.03. The summed E-state index contributed by atoms with van der Waals surface area (Å²) >= 11 is 0. The summed E-state index contributed by atoms with van der Waals surface area (Å²) in [4.78, 5) is 24.1. The Morgan fingerprint density at radius 1 is 0.850 bits per heavy atom. The van der Waals surface area contributed by atoms with E-state index in [1.54, 1.807) is 24.3 Å². The molecule has 2 atom stereocenters. The fourth-order valence-corrected chi connectivity index (χ4v) is 2.24. The topological polar surface area (TPSA) is 43.4 Å². The van der Waals surface area contributed by atoms with Crippen molar-refractivity contribution in [2.45, 2.75) is 6.42 Å². The summed E-state index contributed by atoms with van der Waals surface area (Å²) in [5.41, 5.74) is 0.660. The Morgan fingerprint density at radius 3 is 2.10 bits per heavy atom. The summed E-state index contributed by atoms with van der Waals surface area (Å²) in [5, 5.41) is 0. The molecular weight excluding hydrogens is 252 g/mol. The van der Waals surface area contributed by atoms with Crippen LogP contribution in [0.4, 0.5) is 0 Å². The summed E-state index contributed by atoms with van der Waals surface area (Å²) < 4.78 is 5.26. The van der Waals surface area contributed by atoms with E-state index in [0.29, 0.717) is 17.7 Å². The van der Waals surface area contributed by atoms with Crippen LogP contribution in [0.2, 0.25) is 0 Å². The number of carbonyl (C=O) groups excluding carboxylic acids is 2. The molecule has 0 bridgehead atoms. The van der Waals surface area contributed by atoms with Gasteiger partial charge in [0.15, 0.2) is 5.78 Å². The van der Waals surface area contributed by atoms with Crippen LogP contribution < -0.4 is 4.74 Å². The van der Waals surface area contributed by atoms with Crippen LogP contribution >= 0.6 is 0 Å². The van der Waals surface area contributed by atoms with Gasteiger partial charge in [0.05, 0.1) is 5.92 Å². The van der Waals surface area contributed by atoms with E-state index < -0.39 is 0 Å². The Kier molecular flexibility index (Phi) is 3.33. The van der Waals surface area contributed by atoms with Crippen LogP contribution in [0, 0.1) is 11.8 Å². The van der Waals surface area contributed by atoms with Gasteiger partial charge in [0.1, 0.15) is 5.75 Å². The Balaban J connectivity index is 1.62. The van der Waals surface area contributed by atoms with Crippen LogP contribution in [0.25, 0.3) is 0 Å². The third-order valence-electron chi connectivity index (χ3n) is 3.45. The number of benzene rings is 2. The molecule has 3 rings (SSSR count). The molecule has 1 aliphatic rings. The molecule has 1 fully saturated rings. The Bertz CT molecular complexity index is 619. The van der Waals surface area contributed by atoms with Gasteiger partial charge >= 0.3 is 5.97 Å². The van der Waals surface area contributed by atoms with Crippen molar-refractivity contribution in [2.24, 2.45) is 11.8 Å². The molecule has 2 aromatic carbocycles. The zero-order chi connectivity index (χ0) is 13.9. The number of ether oxygens (including phenoxy) is 1. The average Bonchev–Trinajstić information content (AvgIpc) is 3.29. The maximum absolute atomic E-state index is 12.2. The van der Waals surface area contributed by atoms with E-state index in [0.717, 1.165) is 0 Å². The average molecular weight is 266 g/mol. The van der Waals surface area contributed by atoms with E-state index in [9.17, 15) is 9.59 Å². The molecule has 2 aromatic rings. The number of para-hydroxylation sites is 1. The molecule has 3 nitrogen and oxygen atoms in total. The van der Waals surface area contributed by atoms with Gasteiger partial charge in [0, 0.05) is 11.5 Å². The van der Waals surface area contributed by atoms with Crippen molar-refractivity contribution in [3.05, 3.63) is 66.2 Å². The SMILES string of the molecule is O=C(Oc1ccccc1)[C@@H]1C[C@H]1C(=O)c1ccccc1. The highest BCUT2D eigenvalue weighted by molar-refractivity contribution is 6.03. The first-order chi connectivity index (χ1) is 9.75. The number of hydrogen-bond acceptors (Lipinski definition) is 3. The lowest BCUT2D eigenvalue weighted by molar-refractivity contribution is -0.136. The maximum atomic E-state index is 12.2. The molecular formula is C17H14O3. The van der Waals surface area contributed by atoms with Crippen LogP contribution in [0.15, 0.2) is 60.7 Å². The maximum Gasteiger partial charge on any atom is 0.315 e. The summed E-state index contributed by atoms with van der Waals surface area (Å²) in [6.45, 7) is 0. The van der Waals surface area contributed by atoms with E-state index in [1.807, 2.05) is 36.4 Å². The van der Waals surface area contributed by atoms with Gasteiger partial charge in [-0.1, -0.05) is 48.5 Å². The van der Waals surface area contributed by atoms with Crippen molar-refractivity contribution in [3.63, 3.8) is 0 Å². The first kappa shape index (κ1) is 12.6. The zero-order valence-corrected chi connectivity index (χ0v) is 10.9. The smallest absolute Gasteiger partial charge is 0.315 e. The van der Waals surface area contributed by atoms with E-state index in [1.165, 1.54) is 0 Å². The quantitative estimate of drug-likeness (QED) is 0.485. The highest BCUT2D eigenvalue weighted by atomic mass is 16.5. The standard InChI is InChI=1S/C17H14O3/c18-16(12-7-3-1-4-8-12)14-11-15(14)17(19)20-13-9-5-2-6-10-13/h1-10,14-15H,11H2/t14-,15-/m1/s1. The molecule has 1 saturated carbocycles. The van der Waals surface area contributed by atoms with Gasteiger partial charge in [-0.05, 0) is 18.6 Å². The van der Waals surface area contributed by atoms with Crippen LogP contribution in [0.3, 0.4) is 0 Å². The third-order valence-corrected chi connectivity index (χ3v) is 3.45. The fourth-order valence-electron chi connectivity index (χ4n) is 2.24. The van der Waals surface area contributed by atoms with Crippen molar-refractivity contribution in [2.75, 3.05) is 0 Å². The first-order valence-corrected chi connectivity index (χ1v) is 6.62. The molecule has 3 heteroatoms. The molecule has 1 aliphatic carbocycles. The molecule has 0 N–H and O–H groups in total. The Labute approximate surface area is 117 Å². The van der Waals surface area contributed by atoms with E-state index in [2.05, 4.69) is 0 Å². The molecule has 20 heavy (non-hydrogen) atoms. The summed E-state index contributed by atoms with van der Waals surface area (Å²) in [6, 6.07) is 18.0. The molecule has 0 amide bonds. The second-order valence-electron chi connectivity index (χ2n) is 4.91. The molecule has 0 aromatic heterocycles. The summed E-state index contributed by atoms with van der Waals surface area (Å²) in [6.07, 6.45) is 0.583. The predicted octanol–water partition coefficient (Wildman–Crippen LogP) is 3.11. The molecule has 0 unspecified atom stereocenters. The molecule has 0 radical (unpaired) electrons. The van der Waals surface area contributed by atoms with E-state index in [-0.39, 0.29) is 23.6 Å². The number of hydrogen-bond donors (Lipinski definition) is 0. The zero-order valence-electron chi connectivity index (χ0n) is 10.9. The molecule has 0 saturated heterocycles. The van der Waals surface area contributed by atoms with Gasteiger partial charge in [-0.3, -0.25) is 9.59 Å². The first-order valence-electron chi connectivity index (χ1n) is 6.62. The highest BCUT2D eigenvalue weighted by Gasteiger charge is 2.49. The predicted molar refractivity (Wildman–Crippen MR) is 74.4 cm³/mol. The van der Waals surface area contributed by atoms with Crippen LogP contribution in [0.1, 0.15) is 16.8 Å². The fraction of sp³-hybridized carbons (Fsp3) is 0.176. The van der Waals surface area contributed by atoms with Crippen molar-refractivity contribution in [1.29, 1.82) is 0 Å². The molecule has 100 valence electrons. The van der Waals surface area contributed by atoms with Gasteiger partial charge in [0.2, 0.25) is 0 Å². The van der Waals surface area contributed by atoms with Crippen molar-refractivity contribution in [3.8, 4) is 5.75 Å². The number of rotatable bonds is 4. The van der Waals surface area contributed by atoms with Crippen molar-refractivity contribution < 1.29 is 14.3 Å². The number of esters is 1. The number of ketones is 1. The van der Waals surface area contributed by atoms with E-state index in [4.69, 9.17) is 4.74 Å². The molecule has 0 heterocycles. The minimum absolute atomic E-state index is 0.0283. The normalized spacial score (nSPS) is 20.2. The van der Waals surface area contributed by atoms with Crippen LogP contribution in [-0.4, -0.2) is 11.8 Å². The van der Waals surface area contributed by atoms with Gasteiger partial charge in [0.25, 0.3) is 0 Å². The largest absolute Gasteiger partial charge is 0.426 e. The summed E-state index contributed by atoms with van der Waals surface area (Å²) in [5.74, 6) is -0.294. The minimum atomic E-state index is -0.314. The number of carbonyl (C=O) groups is 2. The minimum Gasteiger partial charge on any atom is -0.426 e. The van der Waals surface area contributed by atoms with Crippen molar-refractivity contribution >= 4 is 11.8 Å². The third kappa shape index (κ3) is 2.62. The Hall–Kier alpha value is -2.42. The second kappa shape index (κ2) is 5.29.